The minimum Gasteiger partial charge on any atom is -0.234 e. The van der Waals surface area contributed by atoms with Gasteiger partial charge in [-0.25, -0.2) is 9.37 Å². The molecule has 0 unspecified atom stereocenters. The number of pyridine rings is 1. The molecule has 1 heterocycles. The molecule has 0 saturated heterocycles. The number of fused-ring (bicyclic) bond motifs is 1. The summed E-state index contributed by atoms with van der Waals surface area (Å²) < 4.78 is 13.0. The van der Waals surface area contributed by atoms with Gasteiger partial charge in [0.2, 0.25) is 0 Å². The van der Waals surface area contributed by atoms with Crippen molar-refractivity contribution in [1.29, 1.82) is 5.26 Å². The van der Waals surface area contributed by atoms with E-state index in [-0.39, 0.29) is 11.0 Å². The van der Waals surface area contributed by atoms with Gasteiger partial charge in [0, 0.05) is 5.56 Å². The van der Waals surface area contributed by atoms with Gasteiger partial charge in [-0.15, -0.1) is 0 Å². The van der Waals surface area contributed by atoms with Crippen LogP contribution < -0.4 is 0 Å². The summed E-state index contributed by atoms with van der Waals surface area (Å²) in [5.41, 5.74) is 4.18. The predicted octanol–water partition coefficient (Wildman–Crippen LogP) is 3.90. The van der Waals surface area contributed by atoms with Gasteiger partial charge in [0.1, 0.15) is 17.0 Å². The number of nitrogens with zero attached hydrogens (tertiary/aromatic N) is 2. The molecular formula is C15H10ClFN2. The Balaban J connectivity index is 2.24. The number of halogens is 2. The van der Waals surface area contributed by atoms with Crippen molar-refractivity contribution in [1.82, 2.24) is 4.98 Å². The zero-order chi connectivity index (χ0) is 13.4. The second kappa shape index (κ2) is 4.64. The Morgan fingerprint density at radius 2 is 1.84 bits per heavy atom. The van der Waals surface area contributed by atoms with Gasteiger partial charge in [-0.2, -0.15) is 5.26 Å². The molecule has 1 aromatic heterocycles. The summed E-state index contributed by atoms with van der Waals surface area (Å²) in [6.45, 7) is 0. The maximum absolute atomic E-state index is 13.0. The van der Waals surface area contributed by atoms with E-state index >= 15 is 0 Å². The van der Waals surface area contributed by atoms with E-state index in [1.54, 1.807) is 12.1 Å². The van der Waals surface area contributed by atoms with Gasteiger partial charge in [0.15, 0.2) is 0 Å². The van der Waals surface area contributed by atoms with Crippen LogP contribution in [0.4, 0.5) is 4.39 Å². The highest BCUT2D eigenvalue weighted by molar-refractivity contribution is 6.30. The van der Waals surface area contributed by atoms with Crippen LogP contribution >= 0.6 is 11.6 Å². The van der Waals surface area contributed by atoms with E-state index in [1.165, 1.54) is 12.1 Å². The first kappa shape index (κ1) is 12.1. The van der Waals surface area contributed by atoms with Crippen LogP contribution in [0.2, 0.25) is 5.15 Å². The second-order valence-electron chi connectivity index (χ2n) is 4.56. The minimum absolute atomic E-state index is 0.238. The Kier molecular flexibility index (Phi) is 2.96. The maximum Gasteiger partial charge on any atom is 0.147 e. The van der Waals surface area contributed by atoms with Gasteiger partial charge in [0.05, 0.1) is 11.3 Å². The van der Waals surface area contributed by atoms with Crippen molar-refractivity contribution in [2.45, 2.75) is 19.3 Å². The third kappa shape index (κ3) is 1.98. The second-order valence-corrected chi connectivity index (χ2v) is 4.91. The van der Waals surface area contributed by atoms with E-state index in [4.69, 9.17) is 16.9 Å². The van der Waals surface area contributed by atoms with Gasteiger partial charge in [-0.3, -0.25) is 0 Å². The van der Waals surface area contributed by atoms with Crippen LogP contribution in [0.1, 0.15) is 23.1 Å². The normalized spacial score (nSPS) is 13.1. The Bertz CT molecular complexity index is 687. The maximum atomic E-state index is 13.0. The zero-order valence-electron chi connectivity index (χ0n) is 10.1. The predicted molar refractivity (Wildman–Crippen MR) is 71.4 cm³/mol. The smallest absolute Gasteiger partial charge is 0.147 e. The summed E-state index contributed by atoms with van der Waals surface area (Å²) in [5.74, 6) is -0.278. The lowest BCUT2D eigenvalue weighted by molar-refractivity contribution is 0.628. The molecule has 0 spiro atoms. The van der Waals surface area contributed by atoms with Gasteiger partial charge >= 0.3 is 0 Å². The highest BCUT2D eigenvalue weighted by atomic mass is 35.5. The molecule has 0 amide bonds. The van der Waals surface area contributed by atoms with Crippen molar-refractivity contribution >= 4 is 11.6 Å². The summed E-state index contributed by atoms with van der Waals surface area (Å²) in [6, 6.07) is 8.33. The molecule has 1 aliphatic rings. The molecule has 4 heteroatoms. The molecule has 19 heavy (non-hydrogen) atoms. The Hall–Kier alpha value is -1.92. The first-order valence-electron chi connectivity index (χ1n) is 6.08. The number of rotatable bonds is 1. The lowest BCUT2D eigenvalue weighted by Gasteiger charge is -2.10. The first-order chi connectivity index (χ1) is 9.20. The fraction of sp³-hybridized carbons (Fsp3) is 0.200. The van der Waals surface area contributed by atoms with Crippen molar-refractivity contribution in [3.63, 3.8) is 0 Å². The molecular weight excluding hydrogens is 263 g/mol. The summed E-state index contributed by atoms with van der Waals surface area (Å²) in [6.07, 6.45) is 2.75. The standard InChI is InChI=1S/C15H10ClFN2/c16-15-13(8-18)11-2-1-3-12(11)14(19-15)9-4-6-10(17)7-5-9/h4-7H,1-3H2. The average Bonchev–Trinajstić information content (AvgIpc) is 2.88. The van der Waals surface area contributed by atoms with Crippen molar-refractivity contribution in [2.75, 3.05) is 0 Å². The van der Waals surface area contributed by atoms with E-state index in [2.05, 4.69) is 11.1 Å². The molecule has 2 nitrogen and oxygen atoms in total. The molecule has 0 bridgehead atoms. The van der Waals surface area contributed by atoms with E-state index in [9.17, 15) is 4.39 Å². The van der Waals surface area contributed by atoms with Crippen LogP contribution in [0.5, 0.6) is 0 Å². The largest absolute Gasteiger partial charge is 0.234 e. The summed E-state index contributed by atoms with van der Waals surface area (Å²) >= 11 is 6.09. The summed E-state index contributed by atoms with van der Waals surface area (Å²) in [5, 5.41) is 9.39. The third-order valence-electron chi connectivity index (χ3n) is 3.45. The van der Waals surface area contributed by atoms with Crippen LogP contribution in [0.25, 0.3) is 11.3 Å². The van der Waals surface area contributed by atoms with Crippen LogP contribution in [0, 0.1) is 17.1 Å². The van der Waals surface area contributed by atoms with E-state index in [1.807, 2.05) is 0 Å². The average molecular weight is 273 g/mol. The summed E-state index contributed by atoms with van der Waals surface area (Å²) in [4.78, 5) is 4.34. The lowest BCUT2D eigenvalue weighted by atomic mass is 10.00. The van der Waals surface area contributed by atoms with Crippen LogP contribution in [0.15, 0.2) is 24.3 Å². The topological polar surface area (TPSA) is 36.7 Å². The number of aromatic nitrogens is 1. The Morgan fingerprint density at radius 3 is 2.53 bits per heavy atom. The molecule has 94 valence electrons. The van der Waals surface area contributed by atoms with E-state index in [0.717, 1.165) is 41.6 Å². The fourth-order valence-electron chi connectivity index (χ4n) is 2.59. The van der Waals surface area contributed by atoms with Crippen LogP contribution in [-0.4, -0.2) is 4.98 Å². The highest BCUT2D eigenvalue weighted by Gasteiger charge is 2.23. The molecule has 0 saturated carbocycles. The van der Waals surface area contributed by atoms with Crippen molar-refractivity contribution in [3.8, 4) is 17.3 Å². The number of hydrogen-bond acceptors (Lipinski definition) is 2. The minimum atomic E-state index is -0.278. The zero-order valence-corrected chi connectivity index (χ0v) is 10.8. The van der Waals surface area contributed by atoms with Gasteiger partial charge in [-0.05, 0) is 54.7 Å². The number of nitriles is 1. The molecule has 0 aliphatic heterocycles. The monoisotopic (exact) mass is 272 g/mol. The van der Waals surface area contributed by atoms with Crippen molar-refractivity contribution in [3.05, 3.63) is 51.9 Å². The fourth-order valence-corrected chi connectivity index (χ4v) is 2.83. The Morgan fingerprint density at radius 1 is 1.16 bits per heavy atom. The molecule has 0 fully saturated rings. The van der Waals surface area contributed by atoms with Gasteiger partial charge < -0.3 is 0 Å². The molecule has 0 atom stereocenters. The molecule has 0 radical (unpaired) electrons. The number of benzene rings is 1. The summed E-state index contributed by atoms with van der Waals surface area (Å²) in [7, 11) is 0. The highest BCUT2D eigenvalue weighted by Crippen LogP contribution is 2.35. The van der Waals surface area contributed by atoms with Crippen LogP contribution in [0.3, 0.4) is 0 Å². The molecule has 3 rings (SSSR count). The van der Waals surface area contributed by atoms with Crippen LogP contribution in [-0.2, 0) is 12.8 Å². The van der Waals surface area contributed by atoms with Crippen molar-refractivity contribution < 1.29 is 4.39 Å². The molecule has 0 N–H and O–H groups in total. The van der Waals surface area contributed by atoms with E-state index < -0.39 is 0 Å². The quantitative estimate of drug-likeness (QED) is 0.738. The van der Waals surface area contributed by atoms with Crippen molar-refractivity contribution in [2.24, 2.45) is 0 Å². The number of hydrogen-bond donors (Lipinski definition) is 0. The molecule has 2 aromatic rings. The van der Waals surface area contributed by atoms with Gasteiger partial charge in [-0.1, -0.05) is 11.6 Å². The Labute approximate surface area is 115 Å². The van der Waals surface area contributed by atoms with Gasteiger partial charge in [0.25, 0.3) is 0 Å². The first-order valence-corrected chi connectivity index (χ1v) is 6.46. The lowest BCUT2D eigenvalue weighted by Crippen LogP contribution is -1.98. The molecule has 1 aliphatic carbocycles. The SMILES string of the molecule is N#Cc1c(Cl)nc(-c2ccc(F)cc2)c2c1CCC2. The third-order valence-corrected chi connectivity index (χ3v) is 3.72. The molecule has 1 aromatic carbocycles. The van der Waals surface area contributed by atoms with E-state index in [0.29, 0.717) is 5.56 Å².